The average Bonchev–Trinajstić information content (AvgIpc) is 2.79. The molecule has 1 aliphatic rings. The van der Waals surface area contributed by atoms with Crippen molar-refractivity contribution in [3.8, 4) is 0 Å². The maximum Gasteiger partial charge on any atom is 0.323 e. The second kappa shape index (κ2) is 6.17. The van der Waals surface area contributed by atoms with Crippen LogP contribution in [0, 0.1) is 0 Å². The fraction of sp³-hybridized carbons (Fsp3) is 0.438. The minimum absolute atomic E-state index is 0.0599. The Hall–Kier alpha value is -2.37. The molecule has 3 rings (SSSR count). The molecule has 1 saturated carbocycles. The van der Waals surface area contributed by atoms with Gasteiger partial charge in [0.25, 0.3) is 0 Å². The number of carboxylic acids is 1. The van der Waals surface area contributed by atoms with Crippen LogP contribution in [0.15, 0.2) is 30.3 Å². The zero-order valence-corrected chi connectivity index (χ0v) is 12.6. The van der Waals surface area contributed by atoms with Crippen molar-refractivity contribution in [1.82, 2.24) is 14.8 Å². The third kappa shape index (κ3) is 2.95. The molecule has 0 bridgehead atoms. The van der Waals surface area contributed by atoms with Gasteiger partial charge in [0.2, 0.25) is 0 Å². The molecule has 1 fully saturated rings. The first-order valence-electron chi connectivity index (χ1n) is 7.55. The SMILES string of the molecule is Cn1c(CN(CC(=O)O)c2ccccc2)nnc1C1CCC1. The lowest BCUT2D eigenvalue weighted by Gasteiger charge is -2.25. The van der Waals surface area contributed by atoms with E-state index in [0.29, 0.717) is 12.5 Å². The van der Waals surface area contributed by atoms with E-state index in [-0.39, 0.29) is 6.54 Å². The van der Waals surface area contributed by atoms with Gasteiger partial charge in [-0.15, -0.1) is 10.2 Å². The topological polar surface area (TPSA) is 71.2 Å². The summed E-state index contributed by atoms with van der Waals surface area (Å²) in [5, 5.41) is 17.7. The highest BCUT2D eigenvalue weighted by molar-refractivity contribution is 5.73. The maximum atomic E-state index is 11.1. The van der Waals surface area contributed by atoms with Gasteiger partial charge in [-0.05, 0) is 25.0 Å². The number of aromatic nitrogens is 3. The predicted octanol–water partition coefficient (Wildman–Crippen LogP) is 2.17. The summed E-state index contributed by atoms with van der Waals surface area (Å²) >= 11 is 0. The van der Waals surface area contributed by atoms with Crippen LogP contribution < -0.4 is 4.90 Å². The number of aliphatic carboxylic acids is 1. The van der Waals surface area contributed by atoms with Crippen LogP contribution >= 0.6 is 0 Å². The summed E-state index contributed by atoms with van der Waals surface area (Å²) in [6.45, 7) is 0.377. The van der Waals surface area contributed by atoms with Crippen LogP contribution in [0.3, 0.4) is 0 Å². The van der Waals surface area contributed by atoms with E-state index in [1.54, 1.807) is 4.90 Å². The van der Waals surface area contributed by atoms with Crippen LogP contribution in [-0.2, 0) is 18.4 Å². The van der Waals surface area contributed by atoms with Crippen molar-refractivity contribution in [2.45, 2.75) is 31.7 Å². The van der Waals surface area contributed by atoms with Gasteiger partial charge < -0.3 is 14.6 Å². The molecule has 1 aliphatic carbocycles. The molecule has 0 radical (unpaired) electrons. The number of benzene rings is 1. The second-order valence-corrected chi connectivity index (χ2v) is 5.75. The van der Waals surface area contributed by atoms with E-state index < -0.39 is 5.97 Å². The summed E-state index contributed by atoms with van der Waals surface area (Å²) in [5.74, 6) is 1.47. The molecule has 0 unspecified atom stereocenters. The predicted molar refractivity (Wildman–Crippen MR) is 82.7 cm³/mol. The van der Waals surface area contributed by atoms with Crippen LogP contribution in [0.1, 0.15) is 36.8 Å². The number of carboxylic acid groups (broad SMARTS) is 1. The zero-order valence-electron chi connectivity index (χ0n) is 12.6. The first-order chi connectivity index (χ1) is 10.6. The summed E-state index contributed by atoms with van der Waals surface area (Å²) in [6.07, 6.45) is 3.59. The number of carbonyl (C=O) groups is 1. The standard InChI is InChI=1S/C16H20N4O2/c1-19-14(17-18-16(19)12-6-5-7-12)10-20(11-15(21)22)13-8-3-2-4-9-13/h2-4,8-9,12H,5-7,10-11H2,1H3,(H,21,22). The van der Waals surface area contributed by atoms with Crippen molar-refractivity contribution in [2.75, 3.05) is 11.4 Å². The van der Waals surface area contributed by atoms with Crippen molar-refractivity contribution >= 4 is 11.7 Å². The molecule has 116 valence electrons. The van der Waals surface area contributed by atoms with Crippen LogP contribution in [0.2, 0.25) is 0 Å². The Morgan fingerprint density at radius 1 is 1.32 bits per heavy atom. The van der Waals surface area contributed by atoms with Crippen molar-refractivity contribution in [3.63, 3.8) is 0 Å². The highest BCUT2D eigenvalue weighted by Crippen LogP contribution is 2.35. The molecule has 22 heavy (non-hydrogen) atoms. The number of rotatable bonds is 6. The third-order valence-corrected chi connectivity index (χ3v) is 4.25. The molecule has 1 aromatic carbocycles. The Balaban J connectivity index is 1.81. The number of nitrogens with zero attached hydrogens (tertiary/aromatic N) is 4. The van der Waals surface area contributed by atoms with Crippen LogP contribution in [-0.4, -0.2) is 32.4 Å². The molecule has 0 spiro atoms. The van der Waals surface area contributed by atoms with Gasteiger partial charge in [-0.1, -0.05) is 24.6 Å². The molecular formula is C16H20N4O2. The fourth-order valence-electron chi connectivity index (χ4n) is 2.75. The third-order valence-electron chi connectivity index (χ3n) is 4.25. The number of hydrogen-bond donors (Lipinski definition) is 1. The average molecular weight is 300 g/mol. The second-order valence-electron chi connectivity index (χ2n) is 5.75. The van der Waals surface area contributed by atoms with Gasteiger partial charge in [0.1, 0.15) is 12.4 Å². The highest BCUT2D eigenvalue weighted by Gasteiger charge is 2.26. The van der Waals surface area contributed by atoms with Gasteiger partial charge >= 0.3 is 5.97 Å². The summed E-state index contributed by atoms with van der Waals surface area (Å²) in [7, 11) is 1.97. The zero-order chi connectivity index (χ0) is 15.5. The van der Waals surface area contributed by atoms with E-state index in [4.69, 9.17) is 5.11 Å². The Labute approximate surface area is 129 Å². The summed E-state index contributed by atoms with van der Waals surface area (Å²) in [6, 6.07) is 9.54. The molecule has 0 atom stereocenters. The Bertz CT molecular complexity index is 649. The Morgan fingerprint density at radius 3 is 2.64 bits per heavy atom. The lowest BCUT2D eigenvalue weighted by molar-refractivity contribution is -0.135. The molecule has 0 aliphatic heterocycles. The van der Waals surface area contributed by atoms with Crippen LogP contribution in [0.25, 0.3) is 0 Å². The van der Waals surface area contributed by atoms with E-state index in [2.05, 4.69) is 10.2 Å². The van der Waals surface area contributed by atoms with Crippen LogP contribution in [0.5, 0.6) is 0 Å². The first-order valence-corrected chi connectivity index (χ1v) is 7.55. The molecule has 1 heterocycles. The minimum atomic E-state index is -0.856. The summed E-state index contributed by atoms with van der Waals surface area (Å²) in [4.78, 5) is 12.9. The van der Waals surface area contributed by atoms with Gasteiger partial charge in [0.05, 0.1) is 6.54 Å². The van der Waals surface area contributed by atoms with E-state index in [1.165, 1.54) is 19.3 Å². The quantitative estimate of drug-likeness (QED) is 0.885. The Kier molecular flexibility index (Phi) is 4.09. The molecule has 0 saturated heterocycles. The summed E-state index contributed by atoms with van der Waals surface area (Å²) in [5.41, 5.74) is 0.873. The number of hydrogen-bond acceptors (Lipinski definition) is 4. The number of anilines is 1. The highest BCUT2D eigenvalue weighted by atomic mass is 16.4. The smallest absolute Gasteiger partial charge is 0.323 e. The molecule has 0 amide bonds. The molecule has 2 aromatic rings. The van der Waals surface area contributed by atoms with E-state index in [9.17, 15) is 4.79 Å². The first kappa shape index (κ1) is 14.6. The molecule has 6 heteroatoms. The van der Waals surface area contributed by atoms with Crippen molar-refractivity contribution in [1.29, 1.82) is 0 Å². The van der Waals surface area contributed by atoms with E-state index in [1.807, 2.05) is 41.9 Å². The van der Waals surface area contributed by atoms with E-state index >= 15 is 0 Å². The summed E-state index contributed by atoms with van der Waals surface area (Å²) < 4.78 is 2.02. The molecule has 1 N–H and O–H groups in total. The fourth-order valence-corrected chi connectivity index (χ4v) is 2.75. The van der Waals surface area contributed by atoms with Gasteiger partial charge in [-0.3, -0.25) is 4.79 Å². The number of para-hydroxylation sites is 1. The van der Waals surface area contributed by atoms with Crippen molar-refractivity contribution < 1.29 is 9.90 Å². The van der Waals surface area contributed by atoms with Gasteiger partial charge in [-0.25, -0.2) is 0 Å². The Morgan fingerprint density at radius 2 is 2.05 bits per heavy atom. The van der Waals surface area contributed by atoms with Gasteiger partial charge in [-0.2, -0.15) is 0 Å². The van der Waals surface area contributed by atoms with E-state index in [0.717, 1.165) is 17.3 Å². The van der Waals surface area contributed by atoms with Gasteiger partial charge in [0, 0.05) is 18.7 Å². The minimum Gasteiger partial charge on any atom is -0.480 e. The lowest BCUT2D eigenvalue weighted by Crippen LogP contribution is -2.30. The maximum absolute atomic E-state index is 11.1. The molecular weight excluding hydrogens is 280 g/mol. The van der Waals surface area contributed by atoms with Gasteiger partial charge in [0.15, 0.2) is 5.82 Å². The molecule has 1 aromatic heterocycles. The van der Waals surface area contributed by atoms with Crippen molar-refractivity contribution in [3.05, 3.63) is 42.0 Å². The van der Waals surface area contributed by atoms with Crippen molar-refractivity contribution in [2.24, 2.45) is 7.05 Å². The normalized spacial score (nSPS) is 14.6. The van der Waals surface area contributed by atoms with Crippen LogP contribution in [0.4, 0.5) is 5.69 Å². The lowest BCUT2D eigenvalue weighted by atomic mass is 9.85. The molecule has 6 nitrogen and oxygen atoms in total. The largest absolute Gasteiger partial charge is 0.480 e. The monoisotopic (exact) mass is 300 g/mol.